The molecule has 0 aliphatic carbocycles. The number of aryl methyl sites for hydroxylation is 2. The summed E-state index contributed by atoms with van der Waals surface area (Å²) in [5.74, 6) is 0.286. The number of amides is 1. The van der Waals surface area contributed by atoms with Gasteiger partial charge in [0, 0.05) is 4.88 Å². The molecule has 2 aromatic rings. The molecule has 0 spiro atoms. The highest BCUT2D eigenvalue weighted by Crippen LogP contribution is 2.21. The van der Waals surface area contributed by atoms with Crippen LogP contribution in [-0.2, 0) is 4.79 Å². The van der Waals surface area contributed by atoms with E-state index in [1.54, 1.807) is 24.3 Å². The molecule has 1 aromatic heterocycles. The summed E-state index contributed by atoms with van der Waals surface area (Å²) in [7, 11) is 0. The number of aromatic nitrogens is 1. The third-order valence-electron chi connectivity index (χ3n) is 2.63. The first-order valence-electron chi connectivity index (χ1n) is 5.95. The van der Waals surface area contributed by atoms with Gasteiger partial charge in [-0.15, -0.1) is 11.3 Å². The molecule has 0 bridgehead atoms. The van der Waals surface area contributed by atoms with E-state index in [1.807, 2.05) is 19.9 Å². The molecule has 0 fully saturated rings. The molecular weight excluding hydrogens is 274 g/mol. The number of nitrogens with one attached hydrogen (secondary N) is 1. The molecule has 20 heavy (non-hydrogen) atoms. The van der Waals surface area contributed by atoms with Crippen molar-refractivity contribution in [3.63, 3.8) is 0 Å². The van der Waals surface area contributed by atoms with Crippen molar-refractivity contribution in [2.45, 2.75) is 13.8 Å². The Labute approximate surface area is 120 Å². The van der Waals surface area contributed by atoms with Crippen molar-refractivity contribution < 1.29 is 9.53 Å². The van der Waals surface area contributed by atoms with Gasteiger partial charge in [0.2, 0.25) is 0 Å². The number of anilines is 1. The van der Waals surface area contributed by atoms with Gasteiger partial charge >= 0.3 is 0 Å². The lowest BCUT2D eigenvalue weighted by molar-refractivity contribution is -0.118. The Balaban J connectivity index is 1.87. The largest absolute Gasteiger partial charge is 0.484 e. The fourth-order valence-electron chi connectivity index (χ4n) is 1.46. The number of nitriles is 1. The van der Waals surface area contributed by atoms with Crippen molar-refractivity contribution in [3.8, 4) is 11.8 Å². The van der Waals surface area contributed by atoms with Crippen molar-refractivity contribution in [1.82, 2.24) is 4.98 Å². The summed E-state index contributed by atoms with van der Waals surface area (Å²) < 4.78 is 5.33. The first-order valence-corrected chi connectivity index (χ1v) is 6.77. The van der Waals surface area contributed by atoms with Crippen LogP contribution in [0.25, 0.3) is 0 Å². The molecule has 1 N–H and O–H groups in total. The Morgan fingerprint density at radius 3 is 2.65 bits per heavy atom. The van der Waals surface area contributed by atoms with Crippen molar-refractivity contribution >= 4 is 22.4 Å². The molecule has 0 atom stereocenters. The van der Waals surface area contributed by atoms with Crippen LogP contribution in [0.4, 0.5) is 5.13 Å². The zero-order valence-corrected chi connectivity index (χ0v) is 12.0. The molecule has 1 heterocycles. The number of carbonyl (C=O) groups excluding carboxylic acids is 1. The molecule has 0 unspecified atom stereocenters. The van der Waals surface area contributed by atoms with Crippen molar-refractivity contribution in [2.75, 3.05) is 11.9 Å². The minimum Gasteiger partial charge on any atom is -0.484 e. The number of nitrogens with zero attached hydrogens (tertiary/aromatic N) is 2. The average Bonchev–Trinajstić information content (AvgIpc) is 2.75. The first-order chi connectivity index (χ1) is 9.58. The maximum absolute atomic E-state index is 11.7. The van der Waals surface area contributed by atoms with Crippen LogP contribution in [0.15, 0.2) is 24.3 Å². The summed E-state index contributed by atoms with van der Waals surface area (Å²) in [6, 6.07) is 8.61. The van der Waals surface area contributed by atoms with E-state index in [9.17, 15) is 4.79 Å². The number of thiazole rings is 1. The second-order valence-corrected chi connectivity index (χ2v) is 5.34. The summed E-state index contributed by atoms with van der Waals surface area (Å²) in [5, 5.41) is 11.9. The smallest absolute Gasteiger partial charge is 0.264 e. The van der Waals surface area contributed by atoms with Crippen LogP contribution in [0.5, 0.6) is 5.75 Å². The molecule has 1 aromatic carbocycles. The van der Waals surface area contributed by atoms with Crippen LogP contribution in [-0.4, -0.2) is 17.5 Å². The minimum atomic E-state index is -0.261. The Hall–Kier alpha value is -2.39. The Morgan fingerprint density at radius 2 is 2.10 bits per heavy atom. The predicted molar refractivity (Wildman–Crippen MR) is 76.9 cm³/mol. The van der Waals surface area contributed by atoms with Gasteiger partial charge in [0.25, 0.3) is 5.91 Å². The van der Waals surface area contributed by atoms with Gasteiger partial charge in [-0.1, -0.05) is 0 Å². The second-order valence-electron chi connectivity index (χ2n) is 4.13. The third-order valence-corrected chi connectivity index (χ3v) is 3.62. The molecule has 5 nitrogen and oxygen atoms in total. The molecule has 102 valence electrons. The normalized spacial score (nSPS) is 9.85. The van der Waals surface area contributed by atoms with Gasteiger partial charge in [0.05, 0.1) is 17.3 Å². The monoisotopic (exact) mass is 287 g/mol. The second kappa shape index (κ2) is 6.17. The summed E-state index contributed by atoms with van der Waals surface area (Å²) in [5.41, 5.74) is 1.47. The van der Waals surface area contributed by atoms with Crippen molar-refractivity contribution in [3.05, 3.63) is 40.4 Å². The summed E-state index contributed by atoms with van der Waals surface area (Å²) in [6.07, 6.45) is 0. The lowest BCUT2D eigenvalue weighted by Crippen LogP contribution is -2.20. The number of carbonyl (C=O) groups is 1. The van der Waals surface area contributed by atoms with Gasteiger partial charge in [-0.05, 0) is 38.1 Å². The summed E-state index contributed by atoms with van der Waals surface area (Å²) in [6.45, 7) is 3.76. The Kier molecular flexibility index (Phi) is 4.33. The predicted octanol–water partition coefficient (Wildman–Crippen LogP) is 2.65. The molecule has 1 amide bonds. The summed E-state index contributed by atoms with van der Waals surface area (Å²) >= 11 is 1.43. The molecular formula is C14H13N3O2S. The van der Waals surface area contributed by atoms with Crippen LogP contribution in [0, 0.1) is 25.2 Å². The van der Waals surface area contributed by atoms with E-state index in [1.165, 1.54) is 11.3 Å². The SMILES string of the molecule is Cc1nc(NC(=O)COc2ccc(C#N)cc2)sc1C. The number of hydrogen-bond acceptors (Lipinski definition) is 5. The molecule has 0 saturated carbocycles. The quantitative estimate of drug-likeness (QED) is 0.938. The maximum atomic E-state index is 11.7. The highest BCUT2D eigenvalue weighted by atomic mass is 32.1. The van der Waals surface area contributed by atoms with Gasteiger partial charge in [-0.25, -0.2) is 4.98 Å². The number of benzene rings is 1. The lowest BCUT2D eigenvalue weighted by Gasteiger charge is -2.05. The molecule has 2 rings (SSSR count). The molecule has 6 heteroatoms. The number of ether oxygens (including phenoxy) is 1. The van der Waals surface area contributed by atoms with Crippen LogP contribution >= 0.6 is 11.3 Å². The van der Waals surface area contributed by atoms with E-state index >= 15 is 0 Å². The fraction of sp³-hybridized carbons (Fsp3) is 0.214. The molecule has 0 aliphatic heterocycles. The van der Waals surface area contributed by atoms with Crippen LogP contribution in [0.2, 0.25) is 0 Å². The topological polar surface area (TPSA) is 75.0 Å². The number of hydrogen-bond donors (Lipinski definition) is 1. The van der Waals surface area contributed by atoms with Gasteiger partial charge < -0.3 is 4.74 Å². The maximum Gasteiger partial charge on any atom is 0.264 e. The van der Waals surface area contributed by atoms with Crippen molar-refractivity contribution in [2.24, 2.45) is 0 Å². The minimum absolute atomic E-state index is 0.0937. The van der Waals surface area contributed by atoms with E-state index in [2.05, 4.69) is 10.3 Å². The number of rotatable bonds is 4. The summed E-state index contributed by atoms with van der Waals surface area (Å²) in [4.78, 5) is 17.0. The first kappa shape index (κ1) is 14.0. The van der Waals surface area contributed by atoms with Gasteiger partial charge in [0.15, 0.2) is 11.7 Å². The molecule has 0 saturated heterocycles. The fourth-order valence-corrected chi connectivity index (χ4v) is 2.29. The highest BCUT2D eigenvalue weighted by Gasteiger charge is 2.08. The van der Waals surface area contributed by atoms with Gasteiger partial charge in [-0.2, -0.15) is 5.26 Å². The highest BCUT2D eigenvalue weighted by molar-refractivity contribution is 7.15. The van der Waals surface area contributed by atoms with Crippen molar-refractivity contribution in [1.29, 1.82) is 5.26 Å². The van der Waals surface area contributed by atoms with E-state index < -0.39 is 0 Å². The van der Waals surface area contributed by atoms with Crippen LogP contribution in [0.3, 0.4) is 0 Å². The van der Waals surface area contributed by atoms with Gasteiger partial charge in [-0.3, -0.25) is 10.1 Å². The Bertz CT molecular complexity index is 637. The molecule has 0 aliphatic rings. The third kappa shape index (κ3) is 3.56. The lowest BCUT2D eigenvalue weighted by atomic mass is 10.2. The van der Waals surface area contributed by atoms with E-state index in [4.69, 9.17) is 10.00 Å². The standard InChI is InChI=1S/C14H13N3O2S/c1-9-10(2)20-14(16-9)17-13(18)8-19-12-5-3-11(7-15)4-6-12/h3-6H,8H2,1-2H3,(H,16,17,18). The van der Waals surface area contributed by atoms with Crippen LogP contribution in [0.1, 0.15) is 16.1 Å². The Morgan fingerprint density at radius 1 is 1.40 bits per heavy atom. The van der Waals surface area contributed by atoms with Gasteiger partial charge in [0.1, 0.15) is 5.75 Å². The van der Waals surface area contributed by atoms with E-state index in [0.717, 1.165) is 10.6 Å². The van der Waals surface area contributed by atoms with Crippen LogP contribution < -0.4 is 10.1 Å². The zero-order chi connectivity index (χ0) is 14.5. The molecule has 0 radical (unpaired) electrons. The zero-order valence-electron chi connectivity index (χ0n) is 11.1. The average molecular weight is 287 g/mol. The van der Waals surface area contributed by atoms with E-state index in [0.29, 0.717) is 16.4 Å². The van der Waals surface area contributed by atoms with E-state index in [-0.39, 0.29) is 12.5 Å².